The van der Waals surface area contributed by atoms with Crippen LogP contribution in [0.15, 0.2) is 72.8 Å². The Balaban J connectivity index is 0.000000291. The summed E-state index contributed by atoms with van der Waals surface area (Å²) in [6.07, 6.45) is 0. The average molecular weight is 860 g/mol. The Hall–Kier alpha value is -9.54. The van der Waals surface area contributed by atoms with E-state index in [4.69, 9.17) is 65.3 Å². The standard InChI is InChI=1S/C15H13NO4.C9H8N2O6.C8H8N2O4.C7H8N2O2/c1-9-2-4-12(14(6-9)20-8-17)11-5-3-10(16)7-13(11)15(18)19;10-6-3(8(13)14)1-4(17-2-12)7(11)5(6)9(15)16;9-5-2-7(14-3-11)6(10)1-4(5)8(12)13;8-4-1-2-6(9)5(3-4)7(10)11/h2-8H,16H2,1H3,(H,18,19);1-2H,10-11H2,(H,13,14)(H,15,16);1-3H,9-10H2,(H,12,13);1-3H,8-9H2,(H,10,11). The first-order chi connectivity index (χ1) is 29.1. The minimum Gasteiger partial charge on any atom is -0.478 e. The number of benzene rings is 5. The predicted octanol–water partition coefficient (Wildman–Crippen LogP) is 2.89. The molecule has 0 saturated heterocycles. The van der Waals surface area contributed by atoms with E-state index in [1.165, 1.54) is 24.3 Å². The van der Waals surface area contributed by atoms with Gasteiger partial charge in [-0.2, -0.15) is 0 Å². The van der Waals surface area contributed by atoms with E-state index < -0.39 is 52.3 Å². The second kappa shape index (κ2) is 21.8. The molecule has 0 aliphatic rings. The fourth-order valence-electron chi connectivity index (χ4n) is 4.93. The van der Waals surface area contributed by atoms with Crippen LogP contribution in [0.3, 0.4) is 0 Å². The Morgan fingerprint density at radius 2 is 0.903 bits per heavy atom. The molecule has 62 heavy (non-hydrogen) atoms. The van der Waals surface area contributed by atoms with Crippen LogP contribution in [0.2, 0.25) is 0 Å². The molecule has 23 nitrogen and oxygen atoms in total. The molecule has 0 spiro atoms. The molecule has 23 heteroatoms. The number of aromatic carboxylic acids is 5. The summed E-state index contributed by atoms with van der Waals surface area (Å²) >= 11 is 0. The molecular weight excluding hydrogens is 822 g/mol. The largest absolute Gasteiger partial charge is 0.478 e. The number of carboxylic acids is 5. The lowest BCUT2D eigenvalue weighted by Crippen LogP contribution is -2.13. The van der Waals surface area contributed by atoms with Gasteiger partial charge in [-0.05, 0) is 61.0 Å². The van der Waals surface area contributed by atoms with Crippen molar-refractivity contribution in [1.82, 2.24) is 0 Å². The van der Waals surface area contributed by atoms with E-state index in [9.17, 15) is 43.5 Å². The van der Waals surface area contributed by atoms with Crippen LogP contribution in [0.1, 0.15) is 57.4 Å². The summed E-state index contributed by atoms with van der Waals surface area (Å²) in [6, 6.07) is 17.3. The first-order valence-electron chi connectivity index (χ1n) is 16.6. The first kappa shape index (κ1) is 48.6. The normalized spacial score (nSPS) is 9.69. The highest BCUT2D eigenvalue weighted by Crippen LogP contribution is 2.35. The minimum absolute atomic E-state index is 0.000848. The van der Waals surface area contributed by atoms with Crippen molar-refractivity contribution in [2.45, 2.75) is 6.92 Å². The van der Waals surface area contributed by atoms with Crippen LogP contribution in [0.25, 0.3) is 11.1 Å². The van der Waals surface area contributed by atoms with Crippen LogP contribution in [0.5, 0.6) is 17.2 Å². The maximum atomic E-state index is 11.3. The quantitative estimate of drug-likeness (QED) is 0.0633. The van der Waals surface area contributed by atoms with E-state index in [-0.39, 0.29) is 58.2 Å². The molecule has 0 bridgehead atoms. The smallest absolute Gasteiger partial charge is 0.340 e. The number of ether oxygens (including phenoxy) is 3. The summed E-state index contributed by atoms with van der Waals surface area (Å²) in [7, 11) is 0. The van der Waals surface area contributed by atoms with Crippen LogP contribution in [-0.2, 0) is 14.4 Å². The summed E-state index contributed by atoms with van der Waals surface area (Å²) < 4.78 is 13.8. The minimum atomic E-state index is -1.51. The van der Waals surface area contributed by atoms with Gasteiger partial charge in [0.25, 0.3) is 19.4 Å². The van der Waals surface area contributed by atoms with Crippen molar-refractivity contribution in [2.75, 3.05) is 40.1 Å². The molecule has 0 fully saturated rings. The van der Waals surface area contributed by atoms with Gasteiger partial charge in [-0.15, -0.1) is 0 Å². The van der Waals surface area contributed by atoms with Crippen LogP contribution < -0.4 is 54.3 Å². The Morgan fingerprint density at radius 3 is 1.40 bits per heavy atom. The van der Waals surface area contributed by atoms with Gasteiger partial charge in [0.05, 0.1) is 39.3 Å². The lowest BCUT2D eigenvalue weighted by atomic mass is 9.97. The lowest BCUT2D eigenvalue weighted by molar-refractivity contribution is -0.121. The van der Waals surface area contributed by atoms with Gasteiger partial charge in [-0.3, -0.25) is 14.4 Å². The van der Waals surface area contributed by atoms with Crippen molar-refractivity contribution in [3.63, 3.8) is 0 Å². The molecule has 0 aliphatic heterocycles. The topological polar surface area (TPSA) is 448 Å². The molecule has 0 aliphatic carbocycles. The van der Waals surface area contributed by atoms with E-state index in [0.717, 1.165) is 17.7 Å². The molecule has 0 saturated carbocycles. The molecule has 0 unspecified atom stereocenters. The van der Waals surface area contributed by atoms with Crippen molar-refractivity contribution in [1.29, 1.82) is 0 Å². The highest BCUT2D eigenvalue weighted by atomic mass is 16.5. The monoisotopic (exact) mass is 859 g/mol. The molecular formula is C39H37N7O16. The number of anilines is 7. The number of hydrogen-bond acceptors (Lipinski definition) is 18. The summed E-state index contributed by atoms with van der Waals surface area (Å²) in [5.41, 5.74) is 38.7. The van der Waals surface area contributed by atoms with E-state index >= 15 is 0 Å². The Bertz CT molecular complexity index is 2560. The molecule has 0 heterocycles. The summed E-state index contributed by atoms with van der Waals surface area (Å²) in [5, 5.41) is 44.1. The molecule has 0 aromatic heterocycles. The third-order valence-electron chi connectivity index (χ3n) is 7.76. The maximum absolute atomic E-state index is 11.3. The lowest BCUT2D eigenvalue weighted by Gasteiger charge is -2.11. The van der Waals surface area contributed by atoms with Crippen molar-refractivity contribution in [3.05, 3.63) is 106 Å². The van der Waals surface area contributed by atoms with Crippen molar-refractivity contribution in [3.8, 4) is 28.4 Å². The Morgan fingerprint density at radius 1 is 0.435 bits per heavy atom. The number of rotatable bonds is 12. The molecule has 0 atom stereocenters. The van der Waals surface area contributed by atoms with Crippen molar-refractivity contribution >= 4 is 89.1 Å². The number of nitrogen functional groups attached to an aromatic ring is 7. The SMILES string of the molecule is Cc1ccc(-c2ccc(N)cc2C(=O)O)c(OC=O)c1.Nc1c(OC=O)cc(C(=O)O)c(N)c1C(=O)O.Nc1cc(C(=O)O)c(N)cc1OC=O.Nc1ccc(N)c(C(=O)O)c1. The number of carbonyl (C=O) groups is 8. The number of hydrogen-bond donors (Lipinski definition) is 12. The van der Waals surface area contributed by atoms with Gasteiger partial charge in [-0.1, -0.05) is 18.2 Å². The number of carbonyl (C=O) groups excluding carboxylic acids is 3. The molecule has 5 aromatic rings. The zero-order valence-electron chi connectivity index (χ0n) is 31.9. The Labute approximate surface area is 348 Å². The van der Waals surface area contributed by atoms with Crippen molar-refractivity contribution in [2.24, 2.45) is 0 Å². The van der Waals surface area contributed by atoms with Crippen molar-refractivity contribution < 1.29 is 78.1 Å². The van der Waals surface area contributed by atoms with E-state index in [1.807, 2.05) is 13.0 Å². The molecule has 5 aromatic carbocycles. The third kappa shape index (κ3) is 12.7. The highest BCUT2D eigenvalue weighted by molar-refractivity contribution is 6.08. The number of carboxylic acid groups (broad SMARTS) is 5. The third-order valence-corrected chi connectivity index (χ3v) is 7.76. The highest BCUT2D eigenvalue weighted by Gasteiger charge is 2.24. The summed E-state index contributed by atoms with van der Waals surface area (Å²) in [6.45, 7) is 2.35. The van der Waals surface area contributed by atoms with Gasteiger partial charge in [0, 0.05) is 39.9 Å². The van der Waals surface area contributed by atoms with Crippen LogP contribution in [0, 0.1) is 6.92 Å². The summed E-state index contributed by atoms with van der Waals surface area (Å²) in [5.74, 6) is -6.33. The second-order valence-corrected chi connectivity index (χ2v) is 11.9. The number of nitrogens with two attached hydrogens (primary N) is 7. The Kier molecular flexibility index (Phi) is 17.1. The van der Waals surface area contributed by atoms with Crippen LogP contribution in [0.4, 0.5) is 39.8 Å². The zero-order valence-corrected chi connectivity index (χ0v) is 31.9. The van der Waals surface area contributed by atoms with E-state index in [0.29, 0.717) is 34.7 Å². The molecule has 19 N–H and O–H groups in total. The zero-order chi connectivity index (χ0) is 47.0. The number of aryl methyl sites for hydroxylation is 1. The fraction of sp³-hybridized carbons (Fsp3) is 0.0256. The average Bonchev–Trinajstić information content (AvgIpc) is 3.19. The first-order valence-corrected chi connectivity index (χ1v) is 16.6. The second-order valence-electron chi connectivity index (χ2n) is 11.9. The van der Waals surface area contributed by atoms with Gasteiger partial charge < -0.3 is 79.9 Å². The molecule has 5 rings (SSSR count). The fourth-order valence-corrected chi connectivity index (χ4v) is 4.93. The summed E-state index contributed by atoms with van der Waals surface area (Å²) in [4.78, 5) is 84.8. The van der Waals surface area contributed by atoms with Crippen LogP contribution >= 0.6 is 0 Å². The molecule has 324 valence electrons. The van der Waals surface area contributed by atoms with Crippen LogP contribution in [-0.4, -0.2) is 74.8 Å². The van der Waals surface area contributed by atoms with E-state index in [1.54, 1.807) is 30.3 Å². The van der Waals surface area contributed by atoms with Gasteiger partial charge in [0.15, 0.2) is 11.5 Å². The predicted molar refractivity (Wildman–Crippen MR) is 222 cm³/mol. The van der Waals surface area contributed by atoms with Gasteiger partial charge >= 0.3 is 29.8 Å². The van der Waals surface area contributed by atoms with Gasteiger partial charge in [0.2, 0.25) is 0 Å². The molecule has 0 amide bonds. The van der Waals surface area contributed by atoms with E-state index in [2.05, 4.69) is 9.47 Å². The van der Waals surface area contributed by atoms with Gasteiger partial charge in [0.1, 0.15) is 11.3 Å². The van der Waals surface area contributed by atoms with Gasteiger partial charge in [-0.25, -0.2) is 24.0 Å². The maximum Gasteiger partial charge on any atom is 0.340 e. The molecule has 0 radical (unpaired) electrons.